The Bertz CT molecular complexity index is 3160. The smallest absolute Gasteiger partial charge is 0.259 e. The molecule has 3 aliphatic rings. The first-order valence-electron chi connectivity index (χ1n) is 24.0. The molecule has 0 unspecified atom stereocenters. The van der Waals surface area contributed by atoms with Gasteiger partial charge in [-0.1, -0.05) is 68.4 Å². The first kappa shape index (κ1) is 48.9. The Balaban J connectivity index is 0.719. The summed E-state index contributed by atoms with van der Waals surface area (Å²) in [5.41, 5.74) is 9.54. The molecule has 19 heteroatoms. The topological polar surface area (TPSA) is 195 Å². The molecule has 2 aliphatic heterocycles. The lowest BCUT2D eigenvalue weighted by molar-refractivity contribution is -0.135. The monoisotopic (exact) mass is 1030 g/mol. The molecule has 2 fully saturated rings. The van der Waals surface area contributed by atoms with Gasteiger partial charge in [0, 0.05) is 77.3 Å². The number of ether oxygens (including phenoxy) is 2. The molecule has 372 valence electrons. The quantitative estimate of drug-likeness (QED) is 0.0831. The van der Waals surface area contributed by atoms with Crippen molar-refractivity contribution in [1.29, 1.82) is 0 Å². The van der Waals surface area contributed by atoms with Crippen LogP contribution in [0.4, 0.5) is 0 Å². The van der Waals surface area contributed by atoms with Gasteiger partial charge in [-0.25, -0.2) is 9.97 Å². The van der Waals surface area contributed by atoms with E-state index in [-0.39, 0.29) is 48.7 Å². The number of hydrogen-bond acceptors (Lipinski definition) is 15. The van der Waals surface area contributed by atoms with Gasteiger partial charge in [0.15, 0.2) is 11.6 Å². The standard InChI is InChI=1S/C53H55ClN10O6S2/c1-27(2)47(52(67)63-25-38(65)20-42(63)29(4)55-23-33-8-10-35(11-9-33)50-30(5)57-26-71-50)43-22-46(62-70-43)68-39-16-17-45(56-24-39)69-40-18-37(19-40)58-44(66)21-41-51-61-60-32(7)64(51)53-48(28(3)31(6)72-53)49(59-41)34-12-14-36(54)15-13-34/h8-17,22,24,26-27,37-38,40-42,47,55,65H,4,18-21,23,25H2,1-3,5-7H3,(H,58,66)/t37?,38-,40?,41+,42+,47+/m1/s1. The number of carbonyl (C=O) groups is 2. The number of benzene rings is 2. The van der Waals surface area contributed by atoms with Gasteiger partial charge in [0.05, 0.1) is 46.6 Å². The fourth-order valence-electron chi connectivity index (χ4n) is 9.62. The van der Waals surface area contributed by atoms with E-state index in [2.05, 4.69) is 80.6 Å². The fourth-order valence-corrected chi connectivity index (χ4v) is 11.8. The SMILES string of the molecule is C=C(NCc1ccc(-c2scnc2C)cc1)[C@@H]1C[C@@H](O)CN1C(=O)[C@H](c1cc(Oc2ccc(OC3CC(NC(=O)C[C@@H]4N=C(c5ccc(Cl)cc5)c5c(sc(C)c5C)-n5c(C)nnc54)C3)nc2)no1)C(C)C. The fraction of sp³-hybridized carbons (Fsp3) is 0.358. The number of likely N-dealkylation sites (tertiary alicyclic amines) is 1. The maximum absolute atomic E-state index is 14.3. The van der Waals surface area contributed by atoms with Crippen LogP contribution in [0.25, 0.3) is 15.4 Å². The van der Waals surface area contributed by atoms with Crippen LogP contribution in [-0.2, 0) is 16.1 Å². The van der Waals surface area contributed by atoms with Crippen molar-refractivity contribution in [3.05, 3.63) is 146 Å². The van der Waals surface area contributed by atoms with Crippen molar-refractivity contribution in [1.82, 2.24) is 45.4 Å². The number of aliphatic hydroxyl groups excluding tert-OH is 1. The third-order valence-electron chi connectivity index (χ3n) is 13.6. The number of rotatable bonds is 16. The number of aromatic nitrogens is 6. The van der Waals surface area contributed by atoms with E-state index in [0.717, 1.165) is 54.9 Å². The first-order valence-corrected chi connectivity index (χ1v) is 26.1. The number of aliphatic hydroxyl groups is 1. The molecule has 0 radical (unpaired) electrons. The van der Waals surface area contributed by atoms with Gasteiger partial charge < -0.3 is 34.6 Å². The normalized spacial score (nSPS) is 19.7. The molecular weight excluding hydrogens is 972 g/mol. The number of carbonyl (C=O) groups excluding carboxylic acids is 2. The van der Waals surface area contributed by atoms with E-state index in [4.69, 9.17) is 30.6 Å². The van der Waals surface area contributed by atoms with Crippen LogP contribution in [-0.4, -0.2) is 88.3 Å². The minimum Gasteiger partial charge on any atom is -0.474 e. The molecule has 3 N–H and O–H groups in total. The highest BCUT2D eigenvalue weighted by Gasteiger charge is 2.42. The van der Waals surface area contributed by atoms with E-state index in [9.17, 15) is 14.7 Å². The van der Waals surface area contributed by atoms with Gasteiger partial charge in [0.25, 0.3) is 5.88 Å². The van der Waals surface area contributed by atoms with Gasteiger partial charge in [-0.05, 0) is 73.7 Å². The summed E-state index contributed by atoms with van der Waals surface area (Å²) in [4.78, 5) is 46.0. The Kier molecular flexibility index (Phi) is 13.9. The molecule has 2 aromatic carbocycles. The summed E-state index contributed by atoms with van der Waals surface area (Å²) in [5.74, 6) is 1.53. The molecule has 1 saturated heterocycles. The van der Waals surface area contributed by atoms with Crippen LogP contribution < -0.4 is 20.1 Å². The number of thiophene rings is 1. The van der Waals surface area contributed by atoms with Crippen molar-refractivity contribution in [2.75, 3.05) is 6.54 Å². The molecule has 0 bridgehead atoms. The zero-order valence-corrected chi connectivity index (χ0v) is 43.1. The van der Waals surface area contributed by atoms with E-state index in [1.165, 1.54) is 11.1 Å². The minimum atomic E-state index is -0.694. The van der Waals surface area contributed by atoms with Gasteiger partial charge in [-0.15, -0.1) is 32.9 Å². The number of pyridine rings is 1. The van der Waals surface area contributed by atoms with Crippen molar-refractivity contribution in [2.24, 2.45) is 10.9 Å². The largest absolute Gasteiger partial charge is 0.474 e. The van der Waals surface area contributed by atoms with Crippen molar-refractivity contribution < 1.29 is 28.7 Å². The summed E-state index contributed by atoms with van der Waals surface area (Å²) >= 11 is 9.56. The average molecular weight is 1030 g/mol. The molecule has 72 heavy (non-hydrogen) atoms. The lowest BCUT2D eigenvalue weighted by Gasteiger charge is -2.35. The van der Waals surface area contributed by atoms with E-state index in [1.54, 1.807) is 45.8 Å². The van der Waals surface area contributed by atoms with Crippen molar-refractivity contribution in [3.8, 4) is 33.0 Å². The van der Waals surface area contributed by atoms with Gasteiger partial charge >= 0.3 is 0 Å². The number of fused-ring (bicyclic) bond motifs is 3. The highest BCUT2D eigenvalue weighted by atomic mass is 35.5. The second-order valence-electron chi connectivity index (χ2n) is 19.0. The molecular formula is C53H55ClN10O6S2. The Hall–Kier alpha value is -6.73. The second kappa shape index (κ2) is 20.4. The van der Waals surface area contributed by atoms with Crippen molar-refractivity contribution in [2.45, 2.75) is 110 Å². The molecule has 7 aromatic rings. The second-order valence-corrected chi connectivity index (χ2v) is 21.5. The molecule has 5 aromatic heterocycles. The summed E-state index contributed by atoms with van der Waals surface area (Å²) in [6.07, 6.45) is 2.39. The predicted molar refractivity (Wildman–Crippen MR) is 276 cm³/mol. The molecule has 10 rings (SSSR count). The highest BCUT2D eigenvalue weighted by molar-refractivity contribution is 7.15. The van der Waals surface area contributed by atoms with Gasteiger partial charge in [0.1, 0.15) is 34.6 Å². The minimum absolute atomic E-state index is 0.0741. The third-order valence-corrected chi connectivity index (χ3v) is 16.0. The molecule has 0 spiro atoms. The Morgan fingerprint density at radius 3 is 2.44 bits per heavy atom. The first-order chi connectivity index (χ1) is 34.7. The summed E-state index contributed by atoms with van der Waals surface area (Å²) in [6, 6.07) is 19.9. The van der Waals surface area contributed by atoms with Crippen LogP contribution in [0, 0.1) is 33.6 Å². The number of β-amino-alcohol motifs (C(OH)–C–C–N with tert-alkyl or cyclic N) is 1. The third kappa shape index (κ3) is 10.0. The molecule has 7 heterocycles. The van der Waals surface area contributed by atoms with Crippen LogP contribution in [0.3, 0.4) is 0 Å². The maximum Gasteiger partial charge on any atom is 0.259 e. The Morgan fingerprint density at radius 1 is 0.972 bits per heavy atom. The van der Waals surface area contributed by atoms with Crippen LogP contribution in [0.2, 0.25) is 5.02 Å². The van der Waals surface area contributed by atoms with Gasteiger partial charge in [-0.2, -0.15) is 0 Å². The van der Waals surface area contributed by atoms with E-state index >= 15 is 0 Å². The lowest BCUT2D eigenvalue weighted by Crippen LogP contribution is -2.49. The van der Waals surface area contributed by atoms with E-state index in [0.29, 0.717) is 59.7 Å². The molecule has 16 nitrogen and oxygen atoms in total. The van der Waals surface area contributed by atoms with Crippen LogP contribution >= 0.6 is 34.3 Å². The molecule has 4 atom stereocenters. The highest BCUT2D eigenvalue weighted by Crippen LogP contribution is 2.41. The molecule has 1 saturated carbocycles. The molecule has 1 aliphatic carbocycles. The predicted octanol–water partition coefficient (Wildman–Crippen LogP) is 9.53. The summed E-state index contributed by atoms with van der Waals surface area (Å²) in [6.45, 7) is 17.0. The number of nitrogens with one attached hydrogen (secondary N) is 2. The van der Waals surface area contributed by atoms with Crippen molar-refractivity contribution in [3.63, 3.8) is 0 Å². The van der Waals surface area contributed by atoms with E-state index < -0.39 is 24.1 Å². The van der Waals surface area contributed by atoms with Gasteiger partial charge in [0.2, 0.25) is 17.7 Å². The van der Waals surface area contributed by atoms with Gasteiger partial charge in [-0.3, -0.25) is 19.1 Å². The van der Waals surface area contributed by atoms with Crippen LogP contribution in [0.15, 0.2) is 100 Å². The number of hydrogen-bond donors (Lipinski definition) is 3. The summed E-state index contributed by atoms with van der Waals surface area (Å²) in [5, 5.41) is 32.1. The van der Waals surface area contributed by atoms with Crippen LogP contribution in [0.1, 0.15) is 102 Å². The van der Waals surface area contributed by atoms with Crippen LogP contribution in [0.5, 0.6) is 17.5 Å². The zero-order chi connectivity index (χ0) is 50.4. The molecule has 2 amide bonds. The average Bonchev–Trinajstić information content (AvgIpc) is 4.19. The Labute approximate surface area is 430 Å². The lowest BCUT2D eigenvalue weighted by atomic mass is 9.89. The number of halogens is 1. The summed E-state index contributed by atoms with van der Waals surface area (Å²) < 4.78 is 19.9. The van der Waals surface area contributed by atoms with Crippen molar-refractivity contribution >= 4 is 51.8 Å². The number of thiazole rings is 1. The number of aliphatic imine (C=N–C) groups is 1. The number of amides is 2. The zero-order valence-electron chi connectivity index (χ0n) is 40.8. The Morgan fingerprint density at radius 2 is 1.74 bits per heavy atom. The number of nitrogens with zero attached hydrogens (tertiary/aromatic N) is 8. The van der Waals surface area contributed by atoms with E-state index in [1.807, 2.05) is 62.0 Å². The summed E-state index contributed by atoms with van der Waals surface area (Å²) in [7, 11) is 0. The number of aryl methyl sites for hydroxylation is 3. The maximum atomic E-state index is 14.3.